The third kappa shape index (κ3) is 4.06. The van der Waals surface area contributed by atoms with Gasteiger partial charge in [-0.3, -0.25) is 4.79 Å². The molecule has 118 valence electrons. The molecule has 0 aromatic carbocycles. The van der Waals surface area contributed by atoms with E-state index >= 15 is 0 Å². The number of hydrogen-bond donors (Lipinski definition) is 0. The van der Waals surface area contributed by atoms with Crippen molar-refractivity contribution in [2.45, 2.75) is 46.5 Å². The molecule has 2 rings (SSSR count). The minimum atomic E-state index is 0.183. The molecule has 1 saturated heterocycles. The van der Waals surface area contributed by atoms with Crippen LogP contribution < -0.4 is 0 Å². The van der Waals surface area contributed by atoms with E-state index in [0.717, 1.165) is 49.6 Å². The quantitative estimate of drug-likeness (QED) is 0.837. The fourth-order valence-corrected chi connectivity index (χ4v) is 2.96. The molecule has 1 fully saturated rings. The summed E-state index contributed by atoms with van der Waals surface area (Å²) in [6.45, 7) is 8.47. The highest BCUT2D eigenvalue weighted by Crippen LogP contribution is 2.30. The van der Waals surface area contributed by atoms with Crippen LogP contribution in [-0.4, -0.2) is 42.8 Å². The molecule has 0 unspecified atom stereocenters. The smallest absolute Gasteiger partial charge is 0.222 e. The van der Waals surface area contributed by atoms with Gasteiger partial charge in [0.15, 0.2) is 0 Å². The summed E-state index contributed by atoms with van der Waals surface area (Å²) in [7, 11) is 1.90. The first-order valence-electron chi connectivity index (χ1n) is 7.65. The summed E-state index contributed by atoms with van der Waals surface area (Å²) in [5.41, 5.74) is 2.14. The van der Waals surface area contributed by atoms with Crippen molar-refractivity contribution >= 4 is 5.91 Å². The molecule has 0 aliphatic carbocycles. The van der Waals surface area contributed by atoms with Gasteiger partial charge in [-0.05, 0) is 38.5 Å². The van der Waals surface area contributed by atoms with E-state index in [4.69, 9.17) is 9.26 Å². The van der Waals surface area contributed by atoms with Gasteiger partial charge in [0, 0.05) is 38.8 Å². The van der Waals surface area contributed by atoms with E-state index in [9.17, 15) is 4.79 Å². The van der Waals surface area contributed by atoms with Crippen molar-refractivity contribution in [3.8, 4) is 0 Å². The van der Waals surface area contributed by atoms with Crippen molar-refractivity contribution in [2.24, 2.45) is 5.41 Å². The van der Waals surface area contributed by atoms with Crippen molar-refractivity contribution in [1.82, 2.24) is 10.1 Å². The highest BCUT2D eigenvalue weighted by atomic mass is 16.5. The number of carbonyl (C=O) groups excluding carboxylic acids is 1. The van der Waals surface area contributed by atoms with Crippen LogP contribution in [0.4, 0.5) is 0 Å². The zero-order valence-corrected chi connectivity index (χ0v) is 13.6. The molecule has 1 aromatic rings. The van der Waals surface area contributed by atoms with E-state index < -0.39 is 0 Å². The molecule has 21 heavy (non-hydrogen) atoms. The number of amides is 1. The Morgan fingerprint density at radius 1 is 1.33 bits per heavy atom. The Morgan fingerprint density at radius 3 is 2.57 bits per heavy atom. The third-order valence-electron chi connectivity index (χ3n) is 4.51. The maximum absolute atomic E-state index is 12.3. The first-order valence-corrected chi connectivity index (χ1v) is 7.65. The van der Waals surface area contributed by atoms with E-state index in [2.05, 4.69) is 12.1 Å². The maximum Gasteiger partial charge on any atom is 0.222 e. The molecule has 5 nitrogen and oxygen atoms in total. The Balaban J connectivity index is 1.85. The SMILES string of the molecule is Cc1noc(C)c1CCC(=O)N(C)CC1(C)CCOCC1. The van der Waals surface area contributed by atoms with Gasteiger partial charge in [0.2, 0.25) is 5.91 Å². The second kappa shape index (κ2) is 6.60. The van der Waals surface area contributed by atoms with Crippen molar-refractivity contribution in [1.29, 1.82) is 0 Å². The molecule has 2 heterocycles. The Hall–Kier alpha value is -1.36. The second-order valence-electron chi connectivity index (χ2n) is 6.48. The number of nitrogens with zero attached hydrogens (tertiary/aromatic N) is 2. The lowest BCUT2D eigenvalue weighted by atomic mass is 9.82. The molecule has 0 N–H and O–H groups in total. The molecule has 0 saturated carbocycles. The van der Waals surface area contributed by atoms with Gasteiger partial charge in [0.1, 0.15) is 5.76 Å². The summed E-state index contributed by atoms with van der Waals surface area (Å²) < 4.78 is 10.5. The minimum Gasteiger partial charge on any atom is -0.381 e. The molecule has 1 aliphatic rings. The maximum atomic E-state index is 12.3. The zero-order valence-electron chi connectivity index (χ0n) is 13.6. The molecule has 1 aliphatic heterocycles. The Kier molecular flexibility index (Phi) is 5.04. The van der Waals surface area contributed by atoms with Gasteiger partial charge in [-0.1, -0.05) is 12.1 Å². The predicted molar refractivity (Wildman–Crippen MR) is 80.1 cm³/mol. The largest absolute Gasteiger partial charge is 0.381 e. The molecular formula is C16H26N2O3. The van der Waals surface area contributed by atoms with Crippen LogP contribution in [0.25, 0.3) is 0 Å². The van der Waals surface area contributed by atoms with Crippen molar-refractivity contribution in [2.75, 3.05) is 26.8 Å². The summed E-state index contributed by atoms with van der Waals surface area (Å²) >= 11 is 0. The number of rotatable bonds is 5. The van der Waals surface area contributed by atoms with E-state index in [1.165, 1.54) is 0 Å². The molecule has 0 spiro atoms. The van der Waals surface area contributed by atoms with Crippen LogP contribution in [0.2, 0.25) is 0 Å². The van der Waals surface area contributed by atoms with E-state index in [1.54, 1.807) is 0 Å². The fraction of sp³-hybridized carbons (Fsp3) is 0.750. The van der Waals surface area contributed by atoms with Crippen LogP contribution in [0.3, 0.4) is 0 Å². The van der Waals surface area contributed by atoms with Gasteiger partial charge in [-0.2, -0.15) is 0 Å². The second-order valence-corrected chi connectivity index (χ2v) is 6.48. The molecule has 0 radical (unpaired) electrons. The lowest BCUT2D eigenvalue weighted by Crippen LogP contribution is -2.40. The number of aryl methyl sites for hydroxylation is 2. The topological polar surface area (TPSA) is 55.6 Å². The van der Waals surface area contributed by atoms with Gasteiger partial charge >= 0.3 is 0 Å². The van der Waals surface area contributed by atoms with Gasteiger partial charge < -0.3 is 14.2 Å². The third-order valence-corrected chi connectivity index (χ3v) is 4.51. The summed E-state index contributed by atoms with van der Waals surface area (Å²) in [4.78, 5) is 14.2. The number of ether oxygens (including phenoxy) is 1. The average molecular weight is 294 g/mol. The normalized spacial score (nSPS) is 17.7. The minimum absolute atomic E-state index is 0.183. The summed E-state index contributed by atoms with van der Waals surface area (Å²) in [5.74, 6) is 1.00. The molecule has 0 atom stereocenters. The summed E-state index contributed by atoms with van der Waals surface area (Å²) in [5, 5.41) is 3.93. The standard InChI is InChI=1S/C16H26N2O3/c1-12-14(13(2)21-17-12)5-6-15(19)18(4)11-16(3)7-9-20-10-8-16/h5-11H2,1-4H3. The Labute approximate surface area is 126 Å². The van der Waals surface area contributed by atoms with Crippen LogP contribution >= 0.6 is 0 Å². The first-order chi connectivity index (χ1) is 9.91. The highest BCUT2D eigenvalue weighted by molar-refractivity contribution is 5.76. The number of carbonyl (C=O) groups is 1. The molecule has 0 bridgehead atoms. The first kappa shape index (κ1) is 16.0. The Bertz CT molecular complexity index is 470. The van der Waals surface area contributed by atoms with Crippen LogP contribution in [0.1, 0.15) is 43.2 Å². The predicted octanol–water partition coefficient (Wildman–Crippen LogP) is 2.50. The molecular weight excluding hydrogens is 268 g/mol. The van der Waals surface area contributed by atoms with Crippen LogP contribution in [0, 0.1) is 19.3 Å². The van der Waals surface area contributed by atoms with Crippen LogP contribution in [0.15, 0.2) is 4.52 Å². The number of aromatic nitrogens is 1. The van der Waals surface area contributed by atoms with Crippen LogP contribution in [-0.2, 0) is 16.0 Å². The number of hydrogen-bond acceptors (Lipinski definition) is 4. The molecule has 1 amide bonds. The average Bonchev–Trinajstić information content (AvgIpc) is 2.75. The van der Waals surface area contributed by atoms with E-state index in [-0.39, 0.29) is 11.3 Å². The van der Waals surface area contributed by atoms with Crippen molar-refractivity contribution in [3.05, 3.63) is 17.0 Å². The lowest BCUT2D eigenvalue weighted by Gasteiger charge is -2.36. The van der Waals surface area contributed by atoms with Crippen molar-refractivity contribution in [3.63, 3.8) is 0 Å². The Morgan fingerprint density at radius 2 is 2.00 bits per heavy atom. The van der Waals surface area contributed by atoms with E-state index in [0.29, 0.717) is 12.8 Å². The fourth-order valence-electron chi connectivity index (χ4n) is 2.96. The molecule has 5 heteroatoms. The zero-order chi connectivity index (χ0) is 15.5. The lowest BCUT2D eigenvalue weighted by molar-refractivity contribution is -0.132. The van der Waals surface area contributed by atoms with Gasteiger partial charge in [0.25, 0.3) is 0 Å². The molecule has 1 aromatic heterocycles. The highest BCUT2D eigenvalue weighted by Gasteiger charge is 2.30. The summed E-state index contributed by atoms with van der Waals surface area (Å²) in [6, 6.07) is 0. The van der Waals surface area contributed by atoms with Crippen LogP contribution in [0.5, 0.6) is 0 Å². The van der Waals surface area contributed by atoms with Gasteiger partial charge in [-0.25, -0.2) is 0 Å². The summed E-state index contributed by atoms with van der Waals surface area (Å²) in [6.07, 6.45) is 3.25. The van der Waals surface area contributed by atoms with E-state index in [1.807, 2.05) is 25.8 Å². The monoisotopic (exact) mass is 294 g/mol. The van der Waals surface area contributed by atoms with Crippen molar-refractivity contribution < 1.29 is 14.1 Å². The van der Waals surface area contributed by atoms with Gasteiger partial charge in [-0.15, -0.1) is 0 Å². The van der Waals surface area contributed by atoms with Gasteiger partial charge in [0.05, 0.1) is 5.69 Å².